The number of hydrogen-bond donors (Lipinski definition) is 2. The molecule has 7 heteroatoms. The Labute approximate surface area is 153 Å². The van der Waals surface area contributed by atoms with Gasteiger partial charge >= 0.3 is 5.97 Å². The van der Waals surface area contributed by atoms with Crippen LogP contribution in [0.5, 0.6) is 0 Å². The molecule has 0 saturated carbocycles. The van der Waals surface area contributed by atoms with Crippen molar-refractivity contribution in [3.8, 4) is 0 Å². The van der Waals surface area contributed by atoms with Crippen molar-refractivity contribution in [2.45, 2.75) is 27.2 Å². The van der Waals surface area contributed by atoms with E-state index >= 15 is 0 Å². The van der Waals surface area contributed by atoms with Crippen molar-refractivity contribution in [3.05, 3.63) is 47.9 Å². The molecule has 0 bridgehead atoms. The van der Waals surface area contributed by atoms with Gasteiger partial charge in [0.1, 0.15) is 17.8 Å². The monoisotopic (exact) mass is 356 g/mol. The van der Waals surface area contributed by atoms with Gasteiger partial charge in [-0.2, -0.15) is 0 Å². The highest BCUT2D eigenvalue weighted by Gasteiger charge is 2.11. The average molecular weight is 356 g/mol. The largest absolute Gasteiger partial charge is 0.462 e. The maximum Gasteiger partial charge on any atom is 0.338 e. The van der Waals surface area contributed by atoms with Gasteiger partial charge in [0.15, 0.2) is 0 Å². The fourth-order valence-electron chi connectivity index (χ4n) is 2.17. The second kappa shape index (κ2) is 9.50. The van der Waals surface area contributed by atoms with Crippen molar-refractivity contribution in [1.29, 1.82) is 0 Å². The van der Waals surface area contributed by atoms with E-state index in [0.717, 1.165) is 13.0 Å². The SMILES string of the molecule is CCOC(=O)c1ccc(NC(=O)c2cc(NCCC(C)C)ncn2)cc1. The first-order valence-electron chi connectivity index (χ1n) is 8.64. The average Bonchev–Trinajstić information content (AvgIpc) is 2.62. The number of carbonyl (C=O) groups is 2. The smallest absolute Gasteiger partial charge is 0.338 e. The van der Waals surface area contributed by atoms with Crippen LogP contribution in [0.15, 0.2) is 36.7 Å². The molecule has 0 aliphatic heterocycles. The molecule has 26 heavy (non-hydrogen) atoms. The number of anilines is 2. The van der Waals surface area contributed by atoms with Crippen molar-refractivity contribution in [1.82, 2.24) is 9.97 Å². The number of nitrogens with one attached hydrogen (secondary N) is 2. The lowest BCUT2D eigenvalue weighted by atomic mass is 10.1. The molecule has 0 fully saturated rings. The summed E-state index contributed by atoms with van der Waals surface area (Å²) in [6.45, 7) is 7.14. The van der Waals surface area contributed by atoms with E-state index in [1.54, 1.807) is 37.3 Å². The van der Waals surface area contributed by atoms with Crippen molar-refractivity contribution < 1.29 is 14.3 Å². The lowest BCUT2D eigenvalue weighted by Crippen LogP contribution is -2.15. The summed E-state index contributed by atoms with van der Waals surface area (Å²) >= 11 is 0. The Morgan fingerprint density at radius 2 is 1.88 bits per heavy atom. The second-order valence-corrected chi connectivity index (χ2v) is 6.15. The molecule has 2 N–H and O–H groups in total. The van der Waals surface area contributed by atoms with E-state index in [2.05, 4.69) is 34.4 Å². The van der Waals surface area contributed by atoms with E-state index in [1.807, 2.05) is 0 Å². The van der Waals surface area contributed by atoms with E-state index in [9.17, 15) is 9.59 Å². The molecular weight excluding hydrogens is 332 g/mol. The molecule has 1 aromatic heterocycles. The first-order valence-corrected chi connectivity index (χ1v) is 8.64. The van der Waals surface area contributed by atoms with Gasteiger partial charge in [0.25, 0.3) is 5.91 Å². The van der Waals surface area contributed by atoms with Crippen LogP contribution in [0.3, 0.4) is 0 Å². The van der Waals surface area contributed by atoms with Crippen LogP contribution in [0.1, 0.15) is 48.0 Å². The van der Waals surface area contributed by atoms with E-state index in [-0.39, 0.29) is 11.6 Å². The Bertz CT molecular complexity index is 745. The van der Waals surface area contributed by atoms with Crippen LogP contribution in [-0.2, 0) is 4.74 Å². The highest BCUT2D eigenvalue weighted by molar-refractivity contribution is 6.03. The molecule has 1 aromatic carbocycles. The number of esters is 1. The molecular formula is C19H24N4O3. The third-order valence-electron chi connectivity index (χ3n) is 3.58. The molecule has 1 heterocycles. The third-order valence-corrected chi connectivity index (χ3v) is 3.58. The van der Waals surface area contributed by atoms with Crippen LogP contribution in [-0.4, -0.2) is 35.0 Å². The molecule has 0 saturated heterocycles. The fraction of sp³-hybridized carbons (Fsp3) is 0.368. The van der Waals surface area contributed by atoms with Crippen molar-refractivity contribution in [2.75, 3.05) is 23.8 Å². The minimum atomic E-state index is -0.390. The fourth-order valence-corrected chi connectivity index (χ4v) is 2.17. The number of amides is 1. The Morgan fingerprint density at radius 3 is 2.54 bits per heavy atom. The van der Waals surface area contributed by atoms with Crippen LogP contribution < -0.4 is 10.6 Å². The van der Waals surface area contributed by atoms with Crippen LogP contribution >= 0.6 is 0 Å². The van der Waals surface area contributed by atoms with E-state index in [1.165, 1.54) is 6.33 Å². The minimum absolute atomic E-state index is 0.265. The summed E-state index contributed by atoms with van der Waals surface area (Å²) in [4.78, 5) is 32.1. The molecule has 0 atom stereocenters. The number of rotatable bonds is 8. The number of benzene rings is 1. The summed E-state index contributed by atoms with van der Waals surface area (Å²) in [6, 6.07) is 8.11. The molecule has 2 aromatic rings. The third kappa shape index (κ3) is 5.84. The van der Waals surface area contributed by atoms with Crippen LogP contribution in [0, 0.1) is 5.92 Å². The first-order chi connectivity index (χ1) is 12.5. The van der Waals surface area contributed by atoms with Crippen molar-refractivity contribution in [2.24, 2.45) is 5.92 Å². The van der Waals surface area contributed by atoms with E-state index in [0.29, 0.717) is 29.6 Å². The van der Waals surface area contributed by atoms with Gasteiger partial charge in [0, 0.05) is 18.3 Å². The van der Waals surface area contributed by atoms with Crippen molar-refractivity contribution >= 4 is 23.4 Å². The molecule has 138 valence electrons. The maximum absolute atomic E-state index is 12.3. The van der Waals surface area contributed by atoms with Crippen LogP contribution in [0.4, 0.5) is 11.5 Å². The highest BCUT2D eigenvalue weighted by atomic mass is 16.5. The molecule has 1 amide bonds. The lowest BCUT2D eigenvalue weighted by Gasteiger charge is -2.09. The molecule has 0 aliphatic carbocycles. The number of carbonyl (C=O) groups excluding carboxylic acids is 2. The Hall–Kier alpha value is -2.96. The summed E-state index contributed by atoms with van der Waals surface area (Å²) in [7, 11) is 0. The van der Waals surface area contributed by atoms with E-state index in [4.69, 9.17) is 4.74 Å². The predicted molar refractivity (Wildman–Crippen MR) is 100 cm³/mol. The van der Waals surface area contributed by atoms with Crippen molar-refractivity contribution in [3.63, 3.8) is 0 Å². The lowest BCUT2D eigenvalue weighted by molar-refractivity contribution is 0.0526. The predicted octanol–water partition coefficient (Wildman–Crippen LogP) is 3.36. The normalized spacial score (nSPS) is 10.5. The van der Waals surface area contributed by atoms with Gasteiger partial charge in [-0.3, -0.25) is 4.79 Å². The van der Waals surface area contributed by atoms with Gasteiger partial charge in [-0.05, 0) is 43.5 Å². The maximum atomic E-state index is 12.3. The summed E-state index contributed by atoms with van der Waals surface area (Å²) in [5.74, 6) is 0.467. The highest BCUT2D eigenvalue weighted by Crippen LogP contribution is 2.13. The Balaban J connectivity index is 1.97. The second-order valence-electron chi connectivity index (χ2n) is 6.15. The Kier molecular flexibility index (Phi) is 7.08. The van der Waals surface area contributed by atoms with Gasteiger partial charge < -0.3 is 15.4 Å². The Morgan fingerprint density at radius 1 is 1.15 bits per heavy atom. The zero-order valence-corrected chi connectivity index (χ0v) is 15.3. The van der Waals surface area contributed by atoms with Gasteiger partial charge in [0.05, 0.1) is 12.2 Å². The first kappa shape index (κ1) is 19.4. The molecule has 0 aliphatic rings. The topological polar surface area (TPSA) is 93.2 Å². The minimum Gasteiger partial charge on any atom is -0.462 e. The molecule has 0 radical (unpaired) electrons. The number of aromatic nitrogens is 2. The molecule has 7 nitrogen and oxygen atoms in total. The van der Waals surface area contributed by atoms with E-state index < -0.39 is 5.97 Å². The van der Waals surface area contributed by atoms with Gasteiger partial charge in [-0.15, -0.1) is 0 Å². The summed E-state index contributed by atoms with van der Waals surface area (Å²) in [6.07, 6.45) is 2.37. The molecule has 0 unspecified atom stereocenters. The summed E-state index contributed by atoms with van der Waals surface area (Å²) in [5, 5.41) is 5.93. The van der Waals surface area contributed by atoms with Gasteiger partial charge in [-0.1, -0.05) is 13.8 Å². The number of hydrogen-bond acceptors (Lipinski definition) is 6. The summed E-state index contributed by atoms with van der Waals surface area (Å²) in [5.41, 5.74) is 1.26. The summed E-state index contributed by atoms with van der Waals surface area (Å²) < 4.78 is 4.93. The number of ether oxygens (including phenoxy) is 1. The van der Waals surface area contributed by atoms with Gasteiger partial charge in [-0.25, -0.2) is 14.8 Å². The van der Waals surface area contributed by atoms with Crippen LogP contribution in [0.25, 0.3) is 0 Å². The van der Waals surface area contributed by atoms with Gasteiger partial charge in [0.2, 0.25) is 0 Å². The quantitative estimate of drug-likeness (QED) is 0.705. The standard InChI is InChI=1S/C19H24N4O3/c1-4-26-19(25)14-5-7-15(8-6-14)23-18(24)16-11-17(22-12-21-16)20-10-9-13(2)3/h5-8,11-13H,4,9-10H2,1-3H3,(H,23,24)(H,20,21,22). The zero-order chi connectivity index (χ0) is 18.9. The van der Waals surface area contributed by atoms with Crippen LogP contribution in [0.2, 0.25) is 0 Å². The molecule has 0 spiro atoms. The number of nitrogens with zero attached hydrogens (tertiary/aromatic N) is 2. The zero-order valence-electron chi connectivity index (χ0n) is 15.3. The molecule has 2 rings (SSSR count).